The van der Waals surface area contributed by atoms with E-state index in [9.17, 15) is 0 Å². The molecule has 2 aliphatic rings. The lowest BCUT2D eigenvalue weighted by Crippen LogP contribution is -2.27. The van der Waals surface area contributed by atoms with Gasteiger partial charge in [-0.25, -0.2) is 4.98 Å². The molecule has 1 saturated heterocycles. The normalized spacial score (nSPS) is 24.0. The predicted molar refractivity (Wildman–Crippen MR) is 88.5 cm³/mol. The van der Waals surface area contributed by atoms with E-state index in [1.54, 1.807) is 0 Å². The van der Waals surface area contributed by atoms with E-state index in [4.69, 9.17) is 0 Å². The molecule has 0 spiro atoms. The van der Waals surface area contributed by atoms with Crippen molar-refractivity contribution < 1.29 is 0 Å². The van der Waals surface area contributed by atoms with Gasteiger partial charge in [0.05, 0.1) is 0 Å². The van der Waals surface area contributed by atoms with Crippen LogP contribution in [0.15, 0.2) is 18.3 Å². The molecule has 21 heavy (non-hydrogen) atoms. The van der Waals surface area contributed by atoms with Crippen LogP contribution in [0.1, 0.15) is 64.0 Å². The lowest BCUT2D eigenvalue weighted by atomic mass is 10.1. The zero-order valence-electron chi connectivity index (χ0n) is 13.5. The maximum absolute atomic E-state index is 4.66. The lowest BCUT2D eigenvalue weighted by Gasteiger charge is -2.26. The predicted octanol–water partition coefficient (Wildman–Crippen LogP) is 4.23. The first-order chi connectivity index (χ1) is 10.2. The van der Waals surface area contributed by atoms with Gasteiger partial charge in [0.15, 0.2) is 0 Å². The Morgan fingerprint density at radius 3 is 2.67 bits per heavy atom. The summed E-state index contributed by atoms with van der Waals surface area (Å²) in [6.45, 7) is 7.06. The van der Waals surface area contributed by atoms with E-state index in [0.717, 1.165) is 11.7 Å². The van der Waals surface area contributed by atoms with Crippen molar-refractivity contribution in [3.63, 3.8) is 0 Å². The quantitative estimate of drug-likeness (QED) is 0.878. The summed E-state index contributed by atoms with van der Waals surface area (Å²) in [6, 6.07) is 5.69. The molecular formula is C18H29N3. The number of hydrogen-bond acceptors (Lipinski definition) is 3. The van der Waals surface area contributed by atoms with Crippen molar-refractivity contribution in [2.45, 2.75) is 64.5 Å². The van der Waals surface area contributed by atoms with Crippen LogP contribution in [-0.4, -0.2) is 29.0 Å². The largest absolute Gasteiger partial charge is 0.367 e. The maximum atomic E-state index is 4.66. The van der Waals surface area contributed by atoms with Gasteiger partial charge in [0.1, 0.15) is 5.82 Å². The fourth-order valence-electron chi connectivity index (χ4n) is 3.86. The molecule has 0 aromatic carbocycles. The van der Waals surface area contributed by atoms with Gasteiger partial charge >= 0.3 is 0 Å². The topological polar surface area (TPSA) is 28.2 Å². The molecule has 3 nitrogen and oxygen atoms in total. The molecule has 1 aromatic heterocycles. The van der Waals surface area contributed by atoms with Crippen LogP contribution in [0.2, 0.25) is 0 Å². The van der Waals surface area contributed by atoms with Gasteiger partial charge in [-0.1, -0.05) is 32.8 Å². The van der Waals surface area contributed by atoms with Crippen molar-refractivity contribution in [3.8, 4) is 0 Å². The molecule has 0 amide bonds. The average molecular weight is 287 g/mol. The number of nitrogens with zero attached hydrogens (tertiary/aromatic N) is 2. The van der Waals surface area contributed by atoms with Crippen LogP contribution in [0.25, 0.3) is 0 Å². The Morgan fingerprint density at radius 1 is 1.19 bits per heavy atom. The Bertz CT molecular complexity index is 434. The molecule has 1 aliphatic heterocycles. The third-order valence-electron chi connectivity index (χ3n) is 4.84. The second-order valence-corrected chi connectivity index (χ2v) is 7.15. The van der Waals surface area contributed by atoms with Crippen molar-refractivity contribution in [3.05, 3.63) is 23.9 Å². The molecule has 116 valence electrons. The minimum absolute atomic E-state index is 0.584. The zero-order chi connectivity index (χ0) is 14.7. The maximum Gasteiger partial charge on any atom is 0.126 e. The minimum atomic E-state index is 0.584. The van der Waals surface area contributed by atoms with Crippen molar-refractivity contribution in [1.29, 1.82) is 0 Å². The van der Waals surface area contributed by atoms with Crippen molar-refractivity contribution in [2.75, 3.05) is 18.4 Å². The molecule has 3 heteroatoms. The monoisotopic (exact) mass is 287 g/mol. The van der Waals surface area contributed by atoms with E-state index in [1.807, 2.05) is 0 Å². The van der Waals surface area contributed by atoms with Gasteiger partial charge in [-0.05, 0) is 49.8 Å². The third kappa shape index (κ3) is 3.76. The molecule has 2 heterocycles. The first-order valence-corrected chi connectivity index (χ1v) is 8.69. The molecule has 1 N–H and O–H groups in total. The fraction of sp³-hybridized carbons (Fsp3) is 0.722. The fourth-order valence-corrected chi connectivity index (χ4v) is 3.86. The smallest absolute Gasteiger partial charge is 0.126 e. The second kappa shape index (κ2) is 6.78. The van der Waals surface area contributed by atoms with Crippen LogP contribution >= 0.6 is 0 Å². The van der Waals surface area contributed by atoms with Crippen LogP contribution < -0.4 is 5.32 Å². The van der Waals surface area contributed by atoms with Crippen molar-refractivity contribution >= 4 is 5.82 Å². The standard InChI is InChI=1S/C18H29N3/c1-14(2)13-21-11-5-8-17(21)15-9-10-18(19-12-15)20-16-6-3-4-7-16/h9-10,12,14,16-17H,3-8,11,13H2,1-2H3,(H,19,20). The highest BCUT2D eigenvalue weighted by molar-refractivity contribution is 5.37. The van der Waals surface area contributed by atoms with Gasteiger partial charge in [-0.3, -0.25) is 4.90 Å². The number of rotatable bonds is 5. The Labute approximate surface area is 129 Å². The Balaban J connectivity index is 1.62. The zero-order valence-corrected chi connectivity index (χ0v) is 13.5. The number of nitrogens with one attached hydrogen (secondary N) is 1. The molecule has 1 saturated carbocycles. The number of likely N-dealkylation sites (tertiary alicyclic amines) is 1. The highest BCUT2D eigenvalue weighted by Crippen LogP contribution is 2.32. The average Bonchev–Trinajstić information content (AvgIpc) is 3.11. The summed E-state index contributed by atoms with van der Waals surface area (Å²) in [5, 5.41) is 3.58. The van der Waals surface area contributed by atoms with Gasteiger partial charge < -0.3 is 5.32 Å². The first kappa shape index (κ1) is 14.8. The number of aromatic nitrogens is 1. The van der Waals surface area contributed by atoms with Gasteiger partial charge in [0, 0.05) is 24.8 Å². The Morgan fingerprint density at radius 2 is 2.00 bits per heavy atom. The van der Waals surface area contributed by atoms with E-state index in [2.05, 4.69) is 47.4 Å². The number of pyridine rings is 1. The summed E-state index contributed by atoms with van der Waals surface area (Å²) >= 11 is 0. The van der Waals surface area contributed by atoms with E-state index >= 15 is 0 Å². The van der Waals surface area contributed by atoms with Gasteiger partial charge in [-0.2, -0.15) is 0 Å². The van der Waals surface area contributed by atoms with Crippen LogP contribution in [0, 0.1) is 5.92 Å². The highest BCUT2D eigenvalue weighted by atomic mass is 15.2. The molecule has 2 fully saturated rings. The van der Waals surface area contributed by atoms with Gasteiger partial charge in [0.2, 0.25) is 0 Å². The van der Waals surface area contributed by atoms with Crippen molar-refractivity contribution in [1.82, 2.24) is 9.88 Å². The van der Waals surface area contributed by atoms with Gasteiger partial charge in [0.25, 0.3) is 0 Å². The molecule has 1 atom stereocenters. The van der Waals surface area contributed by atoms with E-state index in [0.29, 0.717) is 12.1 Å². The Hall–Kier alpha value is -1.09. The summed E-state index contributed by atoms with van der Waals surface area (Å²) in [6.07, 6.45) is 10.0. The summed E-state index contributed by atoms with van der Waals surface area (Å²) in [5.74, 6) is 1.79. The second-order valence-electron chi connectivity index (χ2n) is 7.15. The van der Waals surface area contributed by atoms with E-state index < -0.39 is 0 Å². The molecule has 0 radical (unpaired) electrons. The molecular weight excluding hydrogens is 258 g/mol. The molecule has 0 bridgehead atoms. The highest BCUT2D eigenvalue weighted by Gasteiger charge is 2.26. The molecule has 1 aromatic rings. The van der Waals surface area contributed by atoms with Gasteiger partial charge in [-0.15, -0.1) is 0 Å². The number of hydrogen-bond donors (Lipinski definition) is 1. The third-order valence-corrected chi connectivity index (χ3v) is 4.84. The van der Waals surface area contributed by atoms with E-state index in [1.165, 1.54) is 57.2 Å². The van der Waals surface area contributed by atoms with Crippen molar-refractivity contribution in [2.24, 2.45) is 5.92 Å². The molecule has 1 unspecified atom stereocenters. The molecule has 1 aliphatic carbocycles. The summed E-state index contributed by atoms with van der Waals surface area (Å²) in [4.78, 5) is 7.29. The van der Waals surface area contributed by atoms with Crippen LogP contribution in [-0.2, 0) is 0 Å². The van der Waals surface area contributed by atoms with Crippen LogP contribution in [0.4, 0.5) is 5.82 Å². The van der Waals surface area contributed by atoms with Crippen LogP contribution in [0.5, 0.6) is 0 Å². The number of anilines is 1. The Kier molecular flexibility index (Phi) is 4.79. The minimum Gasteiger partial charge on any atom is -0.367 e. The summed E-state index contributed by atoms with van der Waals surface area (Å²) in [7, 11) is 0. The lowest BCUT2D eigenvalue weighted by molar-refractivity contribution is 0.228. The SMILES string of the molecule is CC(C)CN1CCCC1c1ccc(NC2CCCC2)nc1. The summed E-state index contributed by atoms with van der Waals surface area (Å²) < 4.78 is 0. The van der Waals surface area contributed by atoms with E-state index in [-0.39, 0.29) is 0 Å². The summed E-state index contributed by atoms with van der Waals surface area (Å²) in [5.41, 5.74) is 1.39. The molecule has 3 rings (SSSR count). The van der Waals surface area contributed by atoms with Crippen LogP contribution in [0.3, 0.4) is 0 Å². The first-order valence-electron chi connectivity index (χ1n) is 8.69.